The molecule has 46 heavy (non-hydrogen) atoms. The Balaban J connectivity index is 2.12. The van der Waals surface area contributed by atoms with Crippen molar-refractivity contribution >= 4 is 0 Å². The molecule has 3 heteroatoms. The molecule has 1 aliphatic rings. The van der Waals surface area contributed by atoms with Crippen LogP contribution in [0.3, 0.4) is 0 Å². The lowest BCUT2D eigenvalue weighted by Crippen LogP contribution is -2.31. The van der Waals surface area contributed by atoms with Gasteiger partial charge in [0.1, 0.15) is 0 Å². The zero-order chi connectivity index (χ0) is 33.2. The largest absolute Gasteiger partial charge is 0.347 e. The highest BCUT2D eigenvalue weighted by Crippen LogP contribution is 2.35. The molecule has 1 rings (SSSR count). The van der Waals surface area contributed by atoms with E-state index in [-0.39, 0.29) is 11.9 Å². The first-order valence-electron chi connectivity index (χ1n) is 20.9. The highest BCUT2D eigenvalue weighted by molar-refractivity contribution is 4.92. The van der Waals surface area contributed by atoms with Crippen molar-refractivity contribution in [2.45, 2.75) is 225 Å². The van der Waals surface area contributed by atoms with Crippen molar-refractivity contribution in [2.24, 2.45) is 0 Å². The van der Waals surface area contributed by atoms with E-state index in [0.717, 1.165) is 38.8 Å². The van der Waals surface area contributed by atoms with Crippen molar-refractivity contribution < 1.29 is 9.47 Å². The summed E-state index contributed by atoms with van der Waals surface area (Å²) in [4.78, 5) is 2.27. The van der Waals surface area contributed by atoms with Crippen LogP contribution in [-0.4, -0.2) is 44.0 Å². The quantitative estimate of drug-likeness (QED) is 0.0505. The summed E-state index contributed by atoms with van der Waals surface area (Å²) in [6.45, 7) is 6.44. The molecule has 2 unspecified atom stereocenters. The van der Waals surface area contributed by atoms with Crippen LogP contribution in [0.5, 0.6) is 0 Å². The topological polar surface area (TPSA) is 21.7 Å². The molecule has 0 radical (unpaired) electrons. The van der Waals surface area contributed by atoms with Crippen LogP contribution >= 0.6 is 0 Å². The Labute approximate surface area is 290 Å². The second kappa shape index (κ2) is 32.9. The Hall–Kier alpha value is -0.640. The summed E-state index contributed by atoms with van der Waals surface area (Å²) in [7, 11) is 4.31. The van der Waals surface area contributed by atoms with E-state index >= 15 is 0 Å². The van der Waals surface area contributed by atoms with Crippen molar-refractivity contribution in [2.75, 3.05) is 27.2 Å². The summed E-state index contributed by atoms with van der Waals surface area (Å²) in [5.74, 6) is -0.303. The van der Waals surface area contributed by atoms with E-state index in [0.29, 0.717) is 0 Å². The summed E-state index contributed by atoms with van der Waals surface area (Å²) in [6.07, 6.45) is 51.2. The van der Waals surface area contributed by atoms with Crippen molar-refractivity contribution in [1.29, 1.82) is 0 Å². The minimum atomic E-state index is -0.303. The average molecular weight is 646 g/mol. The zero-order valence-electron chi connectivity index (χ0n) is 32.0. The molecule has 0 spiro atoms. The van der Waals surface area contributed by atoms with Gasteiger partial charge in [-0.1, -0.05) is 173 Å². The van der Waals surface area contributed by atoms with Gasteiger partial charge in [0.25, 0.3) is 0 Å². The van der Waals surface area contributed by atoms with E-state index in [9.17, 15) is 0 Å². The zero-order valence-corrected chi connectivity index (χ0v) is 32.0. The highest BCUT2D eigenvalue weighted by atomic mass is 16.7. The van der Waals surface area contributed by atoms with E-state index in [1.165, 1.54) is 173 Å². The van der Waals surface area contributed by atoms with Crippen LogP contribution < -0.4 is 0 Å². The van der Waals surface area contributed by atoms with Gasteiger partial charge < -0.3 is 14.4 Å². The SMILES string of the molecule is CCCCCC=CCC=CCCCCCCCCC1(CCCCCCCCCCCCCCCCCC)OCC(CCN(C)C)O1. The number of unbranched alkanes of at least 4 members (excludes halogenated alkanes) is 24. The number of rotatable bonds is 35. The molecule has 0 aromatic carbocycles. The van der Waals surface area contributed by atoms with Crippen LogP contribution in [0.4, 0.5) is 0 Å². The number of allylic oxidation sites excluding steroid dienone is 4. The Kier molecular flexibility index (Phi) is 31.0. The predicted octanol–water partition coefficient (Wildman–Crippen LogP) is 13.9. The molecular weight excluding hydrogens is 562 g/mol. The monoisotopic (exact) mass is 646 g/mol. The van der Waals surface area contributed by atoms with E-state index in [4.69, 9.17) is 9.47 Å². The molecule has 0 bridgehead atoms. The molecule has 2 atom stereocenters. The van der Waals surface area contributed by atoms with Crippen molar-refractivity contribution in [1.82, 2.24) is 4.90 Å². The Bertz CT molecular complexity index is 674. The summed E-state index contributed by atoms with van der Waals surface area (Å²) in [6, 6.07) is 0. The second-order valence-corrected chi connectivity index (χ2v) is 14.9. The van der Waals surface area contributed by atoms with Gasteiger partial charge in [0.05, 0.1) is 12.7 Å². The fourth-order valence-corrected chi connectivity index (χ4v) is 6.87. The molecule has 0 aromatic rings. The first-order valence-corrected chi connectivity index (χ1v) is 20.9. The van der Waals surface area contributed by atoms with E-state index in [2.05, 4.69) is 57.1 Å². The van der Waals surface area contributed by atoms with Crippen LogP contribution in [0, 0.1) is 0 Å². The lowest BCUT2D eigenvalue weighted by molar-refractivity contribution is -0.180. The first-order chi connectivity index (χ1) is 22.6. The van der Waals surface area contributed by atoms with Crippen molar-refractivity contribution in [3.63, 3.8) is 0 Å². The van der Waals surface area contributed by atoms with Crippen LogP contribution in [0.15, 0.2) is 24.3 Å². The fourth-order valence-electron chi connectivity index (χ4n) is 6.87. The molecular formula is C43H83NO2. The molecule has 0 saturated carbocycles. The summed E-state index contributed by atoms with van der Waals surface area (Å²) < 4.78 is 13.2. The molecule has 3 nitrogen and oxygen atoms in total. The van der Waals surface area contributed by atoms with E-state index in [1.54, 1.807) is 0 Å². The van der Waals surface area contributed by atoms with Crippen LogP contribution in [-0.2, 0) is 9.47 Å². The lowest BCUT2D eigenvalue weighted by Gasteiger charge is -2.29. The minimum absolute atomic E-state index is 0.271. The van der Waals surface area contributed by atoms with E-state index in [1.807, 2.05) is 0 Å². The Morgan fingerprint density at radius 3 is 1.37 bits per heavy atom. The molecule has 0 aliphatic carbocycles. The first kappa shape index (κ1) is 43.4. The third-order valence-corrected chi connectivity index (χ3v) is 9.98. The fraction of sp³-hybridized carbons (Fsp3) is 0.907. The normalized spacial score (nSPS) is 18.7. The molecule has 272 valence electrons. The molecule has 0 aromatic heterocycles. The molecule has 1 heterocycles. The van der Waals surface area contributed by atoms with Crippen LogP contribution in [0.2, 0.25) is 0 Å². The maximum Gasteiger partial charge on any atom is 0.168 e. The minimum Gasteiger partial charge on any atom is -0.347 e. The van der Waals surface area contributed by atoms with Crippen molar-refractivity contribution in [3.8, 4) is 0 Å². The highest BCUT2D eigenvalue weighted by Gasteiger charge is 2.40. The third-order valence-electron chi connectivity index (χ3n) is 9.98. The van der Waals surface area contributed by atoms with Gasteiger partial charge in [-0.25, -0.2) is 0 Å². The van der Waals surface area contributed by atoms with Gasteiger partial charge in [-0.3, -0.25) is 0 Å². The summed E-state index contributed by atoms with van der Waals surface area (Å²) >= 11 is 0. The molecule has 0 N–H and O–H groups in total. The number of nitrogens with zero attached hydrogens (tertiary/aromatic N) is 1. The van der Waals surface area contributed by atoms with Gasteiger partial charge in [-0.05, 0) is 65.5 Å². The van der Waals surface area contributed by atoms with Gasteiger partial charge in [-0.15, -0.1) is 0 Å². The number of hydrogen-bond donors (Lipinski definition) is 0. The average Bonchev–Trinajstić information content (AvgIpc) is 3.46. The van der Waals surface area contributed by atoms with Crippen molar-refractivity contribution in [3.05, 3.63) is 24.3 Å². The predicted molar refractivity (Wildman–Crippen MR) is 205 cm³/mol. The second-order valence-electron chi connectivity index (χ2n) is 14.9. The maximum atomic E-state index is 6.69. The number of ether oxygens (including phenoxy) is 2. The molecule has 1 aliphatic heterocycles. The van der Waals surface area contributed by atoms with Gasteiger partial charge in [0.15, 0.2) is 5.79 Å². The third kappa shape index (κ3) is 27.3. The maximum absolute atomic E-state index is 6.69. The summed E-state index contributed by atoms with van der Waals surface area (Å²) in [5, 5.41) is 0. The van der Waals surface area contributed by atoms with E-state index < -0.39 is 0 Å². The summed E-state index contributed by atoms with van der Waals surface area (Å²) in [5.41, 5.74) is 0. The van der Waals surface area contributed by atoms with Crippen LogP contribution in [0.25, 0.3) is 0 Å². The van der Waals surface area contributed by atoms with Gasteiger partial charge >= 0.3 is 0 Å². The lowest BCUT2D eigenvalue weighted by atomic mass is 9.98. The van der Waals surface area contributed by atoms with Gasteiger partial charge in [0.2, 0.25) is 0 Å². The van der Waals surface area contributed by atoms with Gasteiger partial charge in [0, 0.05) is 19.4 Å². The van der Waals surface area contributed by atoms with Crippen LogP contribution in [0.1, 0.15) is 213 Å². The molecule has 0 amide bonds. The standard InChI is InChI=1S/C43H83NO2/c1-5-7-9-11-13-15-17-19-21-23-25-27-29-31-33-35-38-43(45-41-42(46-43)37-40-44(3)4)39-36-34-32-30-28-26-24-22-20-18-16-14-12-10-8-6-2/h13,15,19,21,42H,5-12,14,16-18,20,22-41H2,1-4H3. The molecule has 1 fully saturated rings. The smallest absolute Gasteiger partial charge is 0.168 e. The Morgan fingerprint density at radius 2 is 0.913 bits per heavy atom. The molecule has 1 saturated heterocycles. The Morgan fingerprint density at radius 1 is 0.522 bits per heavy atom. The number of hydrogen-bond acceptors (Lipinski definition) is 3. The van der Waals surface area contributed by atoms with Gasteiger partial charge in [-0.2, -0.15) is 0 Å².